The number of nitrogens with one attached hydrogen (secondary N) is 1. The smallest absolute Gasteiger partial charge is 0.230 e. The van der Waals surface area contributed by atoms with Crippen molar-refractivity contribution in [3.63, 3.8) is 0 Å². The molecule has 1 atom stereocenters. The van der Waals surface area contributed by atoms with Gasteiger partial charge in [0.15, 0.2) is 0 Å². The number of aromatic nitrogens is 1. The molecule has 0 unspecified atom stereocenters. The Morgan fingerprint density at radius 3 is 2.37 bits per heavy atom. The van der Waals surface area contributed by atoms with Crippen LogP contribution in [0.2, 0.25) is 0 Å². The van der Waals surface area contributed by atoms with Crippen molar-refractivity contribution in [3.05, 3.63) is 30.1 Å². The summed E-state index contributed by atoms with van der Waals surface area (Å²) in [5.41, 5.74) is 0.919. The van der Waals surface area contributed by atoms with E-state index in [1.54, 1.807) is 6.20 Å². The van der Waals surface area contributed by atoms with E-state index in [2.05, 4.69) is 10.3 Å². The lowest BCUT2D eigenvalue weighted by molar-refractivity contribution is -0.120. The fourth-order valence-corrected chi connectivity index (χ4v) is 8.12. The molecule has 1 aromatic rings. The minimum Gasteiger partial charge on any atom is -0.393 e. The second-order valence-electron chi connectivity index (χ2n) is 9.57. The fourth-order valence-electron chi connectivity index (χ4n) is 6.54. The van der Waals surface area contributed by atoms with Crippen molar-refractivity contribution in [2.24, 2.45) is 23.7 Å². The van der Waals surface area contributed by atoms with E-state index in [0.29, 0.717) is 16.4 Å². The van der Waals surface area contributed by atoms with Crippen molar-refractivity contribution in [2.75, 3.05) is 5.75 Å². The highest BCUT2D eigenvalue weighted by molar-refractivity contribution is 8.01. The lowest BCUT2D eigenvalue weighted by Crippen LogP contribution is -2.49. The van der Waals surface area contributed by atoms with Crippen molar-refractivity contribution in [1.82, 2.24) is 10.3 Å². The summed E-state index contributed by atoms with van der Waals surface area (Å²) in [6.07, 6.45) is 11.4. The van der Waals surface area contributed by atoms with E-state index >= 15 is 0 Å². The summed E-state index contributed by atoms with van der Waals surface area (Å²) in [4.78, 5) is 17.3. The summed E-state index contributed by atoms with van der Waals surface area (Å²) in [7, 11) is 0. The third kappa shape index (κ3) is 3.65. The van der Waals surface area contributed by atoms with Crippen LogP contribution in [0.5, 0.6) is 0 Å². The van der Waals surface area contributed by atoms with Crippen LogP contribution in [0.1, 0.15) is 63.1 Å². The average Bonchev–Trinajstić information content (AvgIpc) is 2.62. The Kier molecular flexibility index (Phi) is 4.71. The second kappa shape index (κ2) is 7.07. The highest BCUT2D eigenvalue weighted by Gasteiger charge is 2.51. The Labute approximate surface area is 165 Å². The minimum absolute atomic E-state index is 0.0703. The van der Waals surface area contributed by atoms with E-state index in [9.17, 15) is 9.90 Å². The number of aliphatic hydroxyl groups excluding tert-OH is 1. The van der Waals surface area contributed by atoms with Crippen molar-refractivity contribution in [1.29, 1.82) is 0 Å². The molecule has 27 heavy (non-hydrogen) atoms. The molecule has 5 aliphatic rings. The molecule has 4 nitrogen and oxygen atoms in total. The molecule has 0 spiro atoms. The quantitative estimate of drug-likeness (QED) is 0.782. The zero-order chi connectivity index (χ0) is 18.4. The molecule has 0 aromatic carbocycles. The summed E-state index contributed by atoms with van der Waals surface area (Å²) in [6, 6.07) is 5.79. The Morgan fingerprint density at radius 2 is 1.81 bits per heavy atom. The van der Waals surface area contributed by atoms with Gasteiger partial charge in [-0.2, -0.15) is 0 Å². The first kappa shape index (κ1) is 18.0. The maximum Gasteiger partial charge on any atom is 0.230 e. The summed E-state index contributed by atoms with van der Waals surface area (Å²) >= 11 is 1.94. The molecule has 0 saturated heterocycles. The molecule has 2 N–H and O–H groups in total. The molecule has 1 heterocycles. The molecule has 5 saturated carbocycles. The number of carbonyl (C=O) groups is 1. The summed E-state index contributed by atoms with van der Waals surface area (Å²) in [5.74, 6) is 3.75. The van der Waals surface area contributed by atoms with Gasteiger partial charge < -0.3 is 10.4 Å². The van der Waals surface area contributed by atoms with E-state index in [4.69, 9.17) is 0 Å². The lowest BCUT2D eigenvalue weighted by Gasteiger charge is -2.56. The highest BCUT2D eigenvalue weighted by atomic mass is 32.2. The third-order valence-electron chi connectivity index (χ3n) is 7.44. The van der Waals surface area contributed by atoms with Crippen molar-refractivity contribution < 1.29 is 9.90 Å². The topological polar surface area (TPSA) is 62.2 Å². The van der Waals surface area contributed by atoms with Gasteiger partial charge in [0.2, 0.25) is 5.91 Å². The molecule has 1 aromatic heterocycles. The van der Waals surface area contributed by atoms with Crippen LogP contribution in [0.25, 0.3) is 0 Å². The number of nitrogens with zero attached hydrogens (tertiary/aromatic N) is 1. The van der Waals surface area contributed by atoms with Crippen LogP contribution < -0.4 is 5.32 Å². The molecule has 5 fully saturated rings. The molecule has 0 aliphatic heterocycles. The first-order valence-corrected chi connectivity index (χ1v) is 11.6. The molecule has 0 radical (unpaired) electrons. The first-order valence-electron chi connectivity index (χ1n) is 10.6. The predicted octanol–water partition coefficient (Wildman–Crippen LogP) is 3.71. The van der Waals surface area contributed by atoms with Gasteiger partial charge in [0, 0.05) is 10.9 Å². The van der Waals surface area contributed by atoms with Crippen LogP contribution in [0.15, 0.2) is 24.4 Å². The van der Waals surface area contributed by atoms with Crippen LogP contribution >= 0.6 is 11.8 Å². The van der Waals surface area contributed by atoms with Gasteiger partial charge in [-0.05, 0) is 87.2 Å². The Bertz CT molecular complexity index is 654. The monoisotopic (exact) mass is 386 g/mol. The Hall–Kier alpha value is -1.07. The van der Waals surface area contributed by atoms with Gasteiger partial charge in [0.05, 0.1) is 23.6 Å². The molecule has 4 bridgehead atoms. The Morgan fingerprint density at radius 1 is 1.15 bits per heavy atom. The SMILES string of the molecule is O=C(CSC12CC3CC(CC(C3)C1)C2)N[C@@H](c1ccccn1)C1CC(O)C1. The molecular weight excluding hydrogens is 356 g/mol. The van der Waals surface area contributed by atoms with Gasteiger partial charge in [-0.3, -0.25) is 9.78 Å². The second-order valence-corrected chi connectivity index (χ2v) is 11.0. The van der Waals surface area contributed by atoms with E-state index in [1.165, 1.54) is 38.5 Å². The Balaban J connectivity index is 1.21. The molecule has 5 aliphatic carbocycles. The largest absolute Gasteiger partial charge is 0.393 e. The van der Waals surface area contributed by atoms with E-state index in [1.807, 2.05) is 30.0 Å². The highest BCUT2D eigenvalue weighted by Crippen LogP contribution is 2.60. The number of carbonyl (C=O) groups excluding carboxylic acids is 1. The number of aliphatic hydroxyl groups is 1. The summed E-state index contributed by atoms with van der Waals surface area (Å²) in [6.45, 7) is 0. The zero-order valence-corrected chi connectivity index (χ0v) is 16.7. The van der Waals surface area contributed by atoms with Gasteiger partial charge >= 0.3 is 0 Å². The number of amides is 1. The summed E-state index contributed by atoms with van der Waals surface area (Å²) < 4.78 is 0.374. The lowest BCUT2D eigenvalue weighted by atomic mass is 9.56. The maximum absolute atomic E-state index is 12.8. The van der Waals surface area contributed by atoms with Crippen molar-refractivity contribution >= 4 is 17.7 Å². The number of hydrogen-bond acceptors (Lipinski definition) is 4. The molecule has 5 heteroatoms. The first-order chi connectivity index (χ1) is 13.1. The number of pyridine rings is 1. The molecule has 1 amide bonds. The fraction of sp³-hybridized carbons (Fsp3) is 0.727. The van der Waals surface area contributed by atoms with Crippen LogP contribution in [0, 0.1) is 23.7 Å². The molecule has 146 valence electrons. The van der Waals surface area contributed by atoms with E-state index in [0.717, 1.165) is 36.3 Å². The van der Waals surface area contributed by atoms with Gasteiger partial charge in [-0.25, -0.2) is 0 Å². The van der Waals surface area contributed by atoms with E-state index in [-0.39, 0.29) is 18.1 Å². The van der Waals surface area contributed by atoms with Crippen LogP contribution in [-0.4, -0.2) is 32.6 Å². The number of rotatable bonds is 6. The standard InChI is InChI=1S/C22H30N2O2S/c25-18-8-17(9-18)21(19-3-1-2-4-23-19)24-20(26)13-27-22-10-14-5-15(11-22)7-16(6-14)12-22/h1-4,14-18,21,25H,5-13H2,(H,24,26)/t14?,15?,16?,17?,18?,21-,22?/m1/s1. The van der Waals surface area contributed by atoms with Gasteiger partial charge in [0.1, 0.15) is 0 Å². The molecule has 6 rings (SSSR count). The third-order valence-corrected chi connectivity index (χ3v) is 8.95. The number of thioether (sulfide) groups is 1. The molecular formula is C22H30N2O2S. The van der Waals surface area contributed by atoms with Crippen molar-refractivity contribution in [2.45, 2.75) is 68.3 Å². The summed E-state index contributed by atoms with van der Waals surface area (Å²) in [5, 5.41) is 13.0. The zero-order valence-electron chi connectivity index (χ0n) is 15.8. The average molecular weight is 387 g/mol. The maximum atomic E-state index is 12.8. The van der Waals surface area contributed by atoms with Gasteiger partial charge in [-0.15, -0.1) is 11.8 Å². The minimum atomic E-state index is -0.223. The van der Waals surface area contributed by atoms with Gasteiger partial charge in [0.25, 0.3) is 0 Å². The van der Waals surface area contributed by atoms with Crippen LogP contribution in [0.4, 0.5) is 0 Å². The van der Waals surface area contributed by atoms with Crippen LogP contribution in [-0.2, 0) is 4.79 Å². The van der Waals surface area contributed by atoms with E-state index < -0.39 is 0 Å². The van der Waals surface area contributed by atoms with Gasteiger partial charge in [-0.1, -0.05) is 6.07 Å². The van der Waals surface area contributed by atoms with Crippen LogP contribution in [0.3, 0.4) is 0 Å². The normalized spacial score (nSPS) is 40.4. The number of hydrogen-bond donors (Lipinski definition) is 2. The van der Waals surface area contributed by atoms with Crippen molar-refractivity contribution in [3.8, 4) is 0 Å². The predicted molar refractivity (Wildman–Crippen MR) is 107 cm³/mol.